The fraction of sp³-hybridized carbons (Fsp3) is 0.762. The van der Waals surface area contributed by atoms with Crippen molar-refractivity contribution in [1.29, 1.82) is 0 Å². The summed E-state index contributed by atoms with van der Waals surface area (Å²) in [5.74, 6) is -1.24. The minimum absolute atomic E-state index is 0.0412. The van der Waals surface area contributed by atoms with E-state index in [0.29, 0.717) is 19.3 Å². The number of carbonyl (C=O) groups is 1. The summed E-state index contributed by atoms with van der Waals surface area (Å²) in [6.45, 7) is 2.98. The van der Waals surface area contributed by atoms with Gasteiger partial charge in [-0.1, -0.05) is 32.1 Å². The van der Waals surface area contributed by atoms with Crippen LogP contribution in [0.2, 0.25) is 0 Å². The summed E-state index contributed by atoms with van der Waals surface area (Å²) in [4.78, 5) is 12.3. The van der Waals surface area contributed by atoms with Gasteiger partial charge in [0.15, 0.2) is 5.78 Å². The molecule has 0 heterocycles. The Kier molecular flexibility index (Phi) is 3.87. The molecular weight excluding hydrogens is 335 g/mol. The first-order valence-electron chi connectivity index (χ1n) is 9.76. The van der Waals surface area contributed by atoms with E-state index in [1.165, 1.54) is 0 Å². The van der Waals surface area contributed by atoms with Crippen molar-refractivity contribution in [1.82, 2.24) is 0 Å². The van der Waals surface area contributed by atoms with E-state index in [9.17, 15) is 20.1 Å². The van der Waals surface area contributed by atoms with Crippen molar-refractivity contribution in [3.63, 3.8) is 0 Å². The average molecular weight is 364 g/mol. The second-order valence-electron chi connectivity index (χ2n) is 9.27. The normalized spacial score (nSPS) is 52.7. The summed E-state index contributed by atoms with van der Waals surface area (Å²) in [6, 6.07) is 0. The highest BCUT2D eigenvalue weighted by Crippen LogP contribution is 2.69. The molecule has 7 atom stereocenters. The molecule has 5 heteroatoms. The molecule has 3 N–H and O–H groups in total. The Balaban J connectivity index is 1.82. The van der Waals surface area contributed by atoms with Gasteiger partial charge < -0.3 is 15.3 Å². The van der Waals surface area contributed by atoms with E-state index in [2.05, 4.69) is 12.2 Å². The Morgan fingerprint density at radius 1 is 1.31 bits per heavy atom. The third-order valence-corrected chi connectivity index (χ3v) is 8.50. The number of allylic oxidation sites excluding steroid dienone is 4. The van der Waals surface area contributed by atoms with Gasteiger partial charge in [0.25, 0.3) is 0 Å². The first kappa shape index (κ1) is 18.3. The van der Waals surface area contributed by atoms with E-state index in [0.717, 1.165) is 12.0 Å². The van der Waals surface area contributed by atoms with Gasteiger partial charge >= 0.3 is 0 Å². The molecular formula is C21H29FO4. The lowest BCUT2D eigenvalue weighted by Crippen LogP contribution is -2.68. The van der Waals surface area contributed by atoms with E-state index in [1.807, 2.05) is 13.0 Å². The molecule has 0 bridgehead atoms. The topological polar surface area (TPSA) is 77.8 Å². The van der Waals surface area contributed by atoms with Crippen molar-refractivity contribution >= 4 is 5.78 Å². The molecule has 4 aliphatic rings. The van der Waals surface area contributed by atoms with Crippen molar-refractivity contribution in [3.8, 4) is 0 Å². The summed E-state index contributed by atoms with van der Waals surface area (Å²) in [6.07, 6.45) is 7.64. The molecule has 2 saturated carbocycles. The fourth-order valence-electron chi connectivity index (χ4n) is 6.90. The van der Waals surface area contributed by atoms with Crippen molar-refractivity contribution in [2.75, 3.05) is 6.61 Å². The van der Waals surface area contributed by atoms with Gasteiger partial charge in [0.05, 0.1) is 6.10 Å². The fourth-order valence-corrected chi connectivity index (χ4v) is 6.90. The van der Waals surface area contributed by atoms with E-state index in [1.54, 1.807) is 6.92 Å². The second-order valence-corrected chi connectivity index (χ2v) is 9.27. The summed E-state index contributed by atoms with van der Waals surface area (Å²) in [5.41, 5.74) is -4.15. The number of halogens is 1. The average Bonchev–Trinajstić information content (AvgIpc) is 2.87. The van der Waals surface area contributed by atoms with Gasteiger partial charge in [0.1, 0.15) is 17.9 Å². The Morgan fingerprint density at radius 2 is 2.04 bits per heavy atom. The zero-order valence-electron chi connectivity index (χ0n) is 15.5. The third kappa shape index (κ3) is 1.87. The van der Waals surface area contributed by atoms with E-state index in [4.69, 9.17) is 0 Å². The van der Waals surface area contributed by atoms with Gasteiger partial charge in [-0.2, -0.15) is 0 Å². The van der Waals surface area contributed by atoms with Gasteiger partial charge in [-0.3, -0.25) is 4.79 Å². The quantitative estimate of drug-likeness (QED) is 0.703. The monoisotopic (exact) mass is 364 g/mol. The Bertz CT molecular complexity index is 702. The number of carbonyl (C=O) groups excluding carboxylic acids is 1. The number of aliphatic hydroxyl groups is 3. The molecule has 0 radical (unpaired) electrons. The maximum absolute atomic E-state index is 16.7. The van der Waals surface area contributed by atoms with Crippen molar-refractivity contribution in [2.24, 2.45) is 22.7 Å². The third-order valence-electron chi connectivity index (χ3n) is 8.50. The number of aliphatic hydroxyl groups excluding tert-OH is 2. The highest BCUT2D eigenvalue weighted by molar-refractivity contribution is 5.89. The van der Waals surface area contributed by atoms with Crippen molar-refractivity contribution < 1.29 is 24.5 Å². The number of alkyl halides is 1. The Labute approximate surface area is 153 Å². The van der Waals surface area contributed by atoms with E-state index >= 15 is 4.39 Å². The molecule has 0 aromatic carbocycles. The molecule has 4 rings (SSSR count). The number of hydrogen-bond acceptors (Lipinski definition) is 4. The van der Waals surface area contributed by atoms with Gasteiger partial charge in [0, 0.05) is 16.7 Å². The molecule has 2 fully saturated rings. The van der Waals surface area contributed by atoms with E-state index < -0.39 is 46.5 Å². The summed E-state index contributed by atoms with van der Waals surface area (Å²) in [7, 11) is 0. The minimum Gasteiger partial charge on any atom is -0.390 e. The molecule has 26 heavy (non-hydrogen) atoms. The van der Waals surface area contributed by atoms with E-state index in [-0.39, 0.29) is 18.8 Å². The van der Waals surface area contributed by atoms with Crippen molar-refractivity contribution in [3.05, 3.63) is 23.8 Å². The molecule has 0 aliphatic heterocycles. The lowest BCUT2D eigenvalue weighted by Gasteiger charge is -2.62. The SMILES string of the molecule is C[C@]12CCC=CC1=CC[C@H]1[C@@H]3CC[C@](O)(C(=O)CO)[C@@]3(C)CC(O)[C@@]12F. The molecule has 0 aromatic rings. The minimum atomic E-state index is -1.76. The van der Waals surface area contributed by atoms with Crippen LogP contribution in [-0.4, -0.2) is 45.1 Å². The molecule has 0 spiro atoms. The number of ketones is 1. The van der Waals surface area contributed by atoms with Gasteiger partial charge in [-0.25, -0.2) is 4.39 Å². The van der Waals surface area contributed by atoms with Crippen LogP contribution in [-0.2, 0) is 4.79 Å². The summed E-state index contributed by atoms with van der Waals surface area (Å²) >= 11 is 0. The molecule has 144 valence electrons. The zero-order valence-corrected chi connectivity index (χ0v) is 15.5. The van der Waals surface area contributed by atoms with Gasteiger partial charge in [-0.15, -0.1) is 0 Å². The van der Waals surface area contributed by atoms with Gasteiger partial charge in [-0.05, 0) is 50.0 Å². The predicted molar refractivity (Wildman–Crippen MR) is 95.0 cm³/mol. The van der Waals surface area contributed by atoms with Crippen LogP contribution in [0.5, 0.6) is 0 Å². The zero-order chi connectivity index (χ0) is 19.0. The lowest BCUT2D eigenvalue weighted by atomic mass is 9.45. The van der Waals surface area contributed by atoms with Crippen LogP contribution in [0, 0.1) is 22.7 Å². The largest absolute Gasteiger partial charge is 0.390 e. The molecule has 0 saturated heterocycles. The van der Waals surface area contributed by atoms with Gasteiger partial charge in [0.2, 0.25) is 0 Å². The second kappa shape index (κ2) is 5.49. The molecule has 1 unspecified atom stereocenters. The smallest absolute Gasteiger partial charge is 0.190 e. The van der Waals surface area contributed by atoms with Crippen LogP contribution in [0.25, 0.3) is 0 Å². The van der Waals surface area contributed by atoms with Crippen LogP contribution in [0.3, 0.4) is 0 Å². The number of Topliss-reactive ketones (excluding diaryl/α,β-unsaturated/α-hetero) is 1. The van der Waals surface area contributed by atoms with Crippen LogP contribution < -0.4 is 0 Å². The Hall–Kier alpha value is -1.04. The highest BCUT2D eigenvalue weighted by Gasteiger charge is 2.73. The predicted octanol–water partition coefficient (Wildman–Crippen LogP) is 2.47. The summed E-state index contributed by atoms with van der Waals surface area (Å²) in [5, 5.41) is 31.5. The summed E-state index contributed by atoms with van der Waals surface area (Å²) < 4.78 is 16.7. The molecule has 4 nitrogen and oxygen atoms in total. The number of fused-ring (bicyclic) bond motifs is 5. The lowest BCUT2D eigenvalue weighted by molar-refractivity contribution is -0.219. The molecule has 4 aliphatic carbocycles. The van der Waals surface area contributed by atoms with Crippen LogP contribution >= 0.6 is 0 Å². The van der Waals surface area contributed by atoms with Crippen LogP contribution in [0.1, 0.15) is 52.4 Å². The maximum Gasteiger partial charge on any atom is 0.190 e. The van der Waals surface area contributed by atoms with Crippen LogP contribution in [0.15, 0.2) is 23.8 Å². The highest BCUT2D eigenvalue weighted by atomic mass is 19.1. The van der Waals surface area contributed by atoms with Crippen molar-refractivity contribution in [2.45, 2.75) is 69.7 Å². The standard InChI is InChI=1S/C21H29FO4/c1-18-9-4-3-5-13(18)6-7-15-14-8-10-20(26,17(25)12-23)19(14,2)11-16(24)21(15,18)22/h3,5-6,14-16,23-24,26H,4,7-12H2,1-2H3/t14-,15-,16?,18-,19-,20-,21-/m0/s1. The Morgan fingerprint density at radius 3 is 2.73 bits per heavy atom. The first-order chi connectivity index (χ1) is 12.1. The van der Waals surface area contributed by atoms with Crippen LogP contribution in [0.4, 0.5) is 4.39 Å². The number of rotatable bonds is 2. The molecule has 0 amide bonds. The first-order valence-corrected chi connectivity index (χ1v) is 9.76. The maximum atomic E-state index is 16.7. The molecule has 0 aromatic heterocycles. The number of hydrogen-bond donors (Lipinski definition) is 3.